The molecule has 3 N–H and O–H groups in total. The van der Waals surface area contributed by atoms with Crippen molar-refractivity contribution in [3.8, 4) is 0 Å². The van der Waals surface area contributed by atoms with Crippen molar-refractivity contribution in [3.63, 3.8) is 0 Å². The molecule has 0 saturated carbocycles. The molecule has 0 aliphatic carbocycles. The quantitative estimate of drug-likeness (QED) is 0.0228. The number of hydrogen-bond donors (Lipinski definition) is 3. The molecule has 1 aliphatic heterocycles. The Hall–Kier alpha value is -4.88. The van der Waals surface area contributed by atoms with Gasteiger partial charge in [-0.25, -0.2) is 4.79 Å². The van der Waals surface area contributed by atoms with Gasteiger partial charge < -0.3 is 39.0 Å². The fourth-order valence-electron chi connectivity index (χ4n) is 8.80. The highest BCUT2D eigenvalue weighted by Gasteiger charge is 2.50. The zero-order valence-electron chi connectivity index (χ0n) is 50.5. The Morgan fingerprint density at radius 1 is 0.420 bits per heavy atom. The van der Waals surface area contributed by atoms with Gasteiger partial charge >= 0.3 is 23.9 Å². The van der Waals surface area contributed by atoms with E-state index in [0.717, 1.165) is 103 Å². The van der Waals surface area contributed by atoms with E-state index in [9.17, 15) is 34.5 Å². The van der Waals surface area contributed by atoms with Crippen LogP contribution in [0.15, 0.2) is 122 Å². The zero-order valence-corrected chi connectivity index (χ0v) is 50.5. The first kappa shape index (κ1) is 74.1. The molecule has 0 aromatic carbocycles. The molecule has 1 fully saturated rings. The number of ether oxygens (including phenoxy) is 5. The van der Waals surface area contributed by atoms with Crippen molar-refractivity contribution < 1.29 is 58.2 Å². The summed E-state index contributed by atoms with van der Waals surface area (Å²) >= 11 is 0. The fraction of sp³-hybridized carbons (Fsp3) is 0.652. The van der Waals surface area contributed by atoms with E-state index >= 15 is 0 Å². The third-order valence-corrected chi connectivity index (χ3v) is 13.5. The van der Waals surface area contributed by atoms with Gasteiger partial charge in [-0.05, 0) is 96.3 Å². The molecule has 0 bridgehead atoms. The molecule has 1 saturated heterocycles. The molecule has 1 aliphatic rings. The van der Waals surface area contributed by atoms with Gasteiger partial charge in [-0.3, -0.25) is 14.4 Å². The largest absolute Gasteiger partial charge is 0.479 e. The summed E-state index contributed by atoms with van der Waals surface area (Å²) in [5, 5.41) is 31.5. The SMILES string of the molecule is CC/C=C\C/C=C\C/C=C\C/C=C\C/C=C\C/C=C\CCC(=O)OC1C(OCC(COC(=O)CCCCCC/C=C\C/C=C\C/C=C\C/C=C\CC)OC(=O)CCCCCCCCCCCCCCCCC)OC(C(=O)O)C(O)C1O. The zero-order chi connectivity index (χ0) is 58.9. The van der Waals surface area contributed by atoms with E-state index in [-0.39, 0.29) is 25.9 Å². The number of unbranched alkanes of at least 4 members (excludes halogenated alkanes) is 18. The van der Waals surface area contributed by atoms with Crippen LogP contribution in [0.25, 0.3) is 0 Å². The van der Waals surface area contributed by atoms with Crippen LogP contribution in [0.1, 0.15) is 239 Å². The fourth-order valence-corrected chi connectivity index (χ4v) is 8.80. The number of carbonyl (C=O) groups excluding carboxylic acids is 3. The smallest absolute Gasteiger partial charge is 0.335 e. The van der Waals surface area contributed by atoms with Crippen molar-refractivity contribution in [1.82, 2.24) is 0 Å². The number of aliphatic hydroxyl groups is 2. The second-order valence-electron chi connectivity index (χ2n) is 20.9. The maximum atomic E-state index is 13.2. The van der Waals surface area contributed by atoms with Crippen LogP contribution in [-0.4, -0.2) is 89.2 Å². The Kier molecular flexibility index (Phi) is 50.9. The molecular weight excluding hydrogens is 1020 g/mol. The number of carboxylic acid groups (broad SMARTS) is 1. The lowest BCUT2D eigenvalue weighted by Crippen LogP contribution is -2.61. The van der Waals surface area contributed by atoms with Crippen LogP contribution in [0.2, 0.25) is 0 Å². The van der Waals surface area contributed by atoms with Crippen LogP contribution in [0, 0.1) is 0 Å². The molecule has 458 valence electrons. The minimum atomic E-state index is -1.94. The third kappa shape index (κ3) is 45.3. The molecule has 0 aromatic rings. The average Bonchev–Trinajstić information content (AvgIpc) is 3.54. The number of allylic oxidation sites excluding steroid dienone is 20. The predicted octanol–water partition coefficient (Wildman–Crippen LogP) is 16.8. The van der Waals surface area contributed by atoms with Crippen molar-refractivity contribution in [2.45, 2.75) is 276 Å². The van der Waals surface area contributed by atoms with Crippen molar-refractivity contribution in [2.24, 2.45) is 0 Å². The summed E-state index contributed by atoms with van der Waals surface area (Å²) in [6, 6.07) is 0. The Balaban J connectivity index is 2.74. The summed E-state index contributed by atoms with van der Waals surface area (Å²) in [4.78, 5) is 51.2. The van der Waals surface area contributed by atoms with Crippen molar-refractivity contribution in [1.29, 1.82) is 0 Å². The molecule has 6 atom stereocenters. The molecule has 1 heterocycles. The van der Waals surface area contributed by atoms with E-state index in [1.165, 1.54) is 70.6 Å². The highest BCUT2D eigenvalue weighted by molar-refractivity contribution is 5.74. The van der Waals surface area contributed by atoms with Crippen LogP contribution >= 0.6 is 0 Å². The van der Waals surface area contributed by atoms with Crippen LogP contribution in [0.4, 0.5) is 0 Å². The predicted molar refractivity (Wildman–Crippen MR) is 330 cm³/mol. The second-order valence-corrected chi connectivity index (χ2v) is 20.9. The summed E-state index contributed by atoms with van der Waals surface area (Å²) in [5.41, 5.74) is 0. The maximum Gasteiger partial charge on any atom is 0.335 e. The normalized spacial score (nSPS) is 18.6. The van der Waals surface area contributed by atoms with E-state index in [1.54, 1.807) is 0 Å². The summed E-state index contributed by atoms with van der Waals surface area (Å²) in [5.74, 6) is -3.27. The molecule has 0 amide bonds. The van der Waals surface area contributed by atoms with Crippen LogP contribution in [0.5, 0.6) is 0 Å². The number of aliphatic hydroxyl groups excluding tert-OH is 2. The average molecular weight is 1130 g/mol. The Morgan fingerprint density at radius 2 is 0.802 bits per heavy atom. The maximum absolute atomic E-state index is 13.2. The molecule has 6 unspecified atom stereocenters. The Morgan fingerprint density at radius 3 is 1.23 bits per heavy atom. The Labute approximate surface area is 490 Å². The van der Waals surface area contributed by atoms with Gasteiger partial charge in [-0.2, -0.15) is 0 Å². The minimum absolute atomic E-state index is 0.0721. The molecular formula is C69H110O12. The van der Waals surface area contributed by atoms with Crippen LogP contribution in [0.3, 0.4) is 0 Å². The lowest BCUT2D eigenvalue weighted by molar-refractivity contribution is -0.301. The standard InChI is InChI=1S/C69H110O12/c1-4-7-10-13-16-19-22-25-28-30-31-33-36-39-42-45-48-51-54-57-63(72)80-67-65(74)64(73)66(68(75)76)81-69(67)78-59-60(79-62(71)56-53-50-47-44-41-38-34-27-24-21-18-15-12-9-6-3)58-77-61(70)55-52-49-46-43-40-37-35-32-29-26-23-20-17-14-11-8-5-2/h7-8,10-11,16-17,19-20,25-26,28-29,31,33,35,37,39,42,48,51,60,64-67,69,73-74H,4-6,9,12-15,18,21-24,27,30,32,34,36,38,40-41,43-47,49-50,52-59H2,1-3H3,(H,75,76)/b10-7-,11-8-,19-16-,20-17-,28-25-,29-26-,33-31-,37-35-,42-39-,51-48-. The summed E-state index contributed by atoms with van der Waals surface area (Å²) < 4.78 is 28.4. The first-order valence-electron chi connectivity index (χ1n) is 31.5. The first-order valence-corrected chi connectivity index (χ1v) is 31.5. The third-order valence-electron chi connectivity index (χ3n) is 13.5. The van der Waals surface area contributed by atoms with E-state index in [4.69, 9.17) is 23.7 Å². The van der Waals surface area contributed by atoms with E-state index in [1.807, 2.05) is 18.2 Å². The lowest BCUT2D eigenvalue weighted by atomic mass is 9.98. The van der Waals surface area contributed by atoms with Crippen molar-refractivity contribution >= 4 is 23.9 Å². The molecule has 0 spiro atoms. The van der Waals surface area contributed by atoms with E-state index in [0.29, 0.717) is 25.7 Å². The van der Waals surface area contributed by atoms with Gasteiger partial charge in [0.2, 0.25) is 0 Å². The molecule has 0 radical (unpaired) electrons. The van der Waals surface area contributed by atoms with Gasteiger partial charge in [0.15, 0.2) is 24.6 Å². The van der Waals surface area contributed by atoms with Gasteiger partial charge in [0.05, 0.1) is 6.61 Å². The summed E-state index contributed by atoms with van der Waals surface area (Å²) in [6.07, 6.45) is 64.5. The lowest BCUT2D eigenvalue weighted by Gasteiger charge is -2.40. The number of esters is 3. The van der Waals surface area contributed by atoms with Gasteiger partial charge in [0, 0.05) is 19.3 Å². The van der Waals surface area contributed by atoms with Gasteiger partial charge in [-0.15, -0.1) is 0 Å². The minimum Gasteiger partial charge on any atom is -0.479 e. The van der Waals surface area contributed by atoms with Crippen molar-refractivity contribution in [3.05, 3.63) is 122 Å². The summed E-state index contributed by atoms with van der Waals surface area (Å²) in [7, 11) is 0. The highest BCUT2D eigenvalue weighted by atomic mass is 16.7. The monoisotopic (exact) mass is 1130 g/mol. The number of carbonyl (C=O) groups is 4. The Bertz CT molecular complexity index is 1870. The van der Waals surface area contributed by atoms with Gasteiger partial charge in [-0.1, -0.05) is 245 Å². The summed E-state index contributed by atoms with van der Waals surface area (Å²) in [6.45, 7) is 5.72. The van der Waals surface area contributed by atoms with Gasteiger partial charge in [0.25, 0.3) is 0 Å². The van der Waals surface area contributed by atoms with Gasteiger partial charge in [0.1, 0.15) is 18.8 Å². The molecule has 81 heavy (non-hydrogen) atoms. The van der Waals surface area contributed by atoms with E-state index < -0.39 is 67.3 Å². The van der Waals surface area contributed by atoms with Crippen molar-refractivity contribution in [2.75, 3.05) is 13.2 Å². The number of hydrogen-bond acceptors (Lipinski definition) is 11. The first-order chi connectivity index (χ1) is 39.6. The van der Waals surface area contributed by atoms with Crippen LogP contribution in [-0.2, 0) is 42.9 Å². The van der Waals surface area contributed by atoms with E-state index in [2.05, 4.69) is 124 Å². The number of aliphatic carboxylic acids is 1. The topological polar surface area (TPSA) is 175 Å². The number of rotatable bonds is 52. The number of carboxylic acids is 1. The second kappa shape index (κ2) is 55.6. The molecule has 1 rings (SSSR count). The molecule has 12 nitrogen and oxygen atoms in total. The molecule has 12 heteroatoms. The van der Waals surface area contributed by atoms with Crippen LogP contribution < -0.4 is 0 Å². The highest BCUT2D eigenvalue weighted by Crippen LogP contribution is 2.26. The molecule has 0 aromatic heterocycles.